The summed E-state index contributed by atoms with van der Waals surface area (Å²) in [6.45, 7) is -1.61. The Kier molecular flexibility index (Phi) is 7.09. The minimum Gasteiger partial charge on any atom is -0.349 e. The topological polar surface area (TPSA) is 92.5 Å². The largest absolute Gasteiger partial charge is 0.349 e. The van der Waals surface area contributed by atoms with Gasteiger partial charge in [0.1, 0.15) is 6.04 Å². The van der Waals surface area contributed by atoms with E-state index in [9.17, 15) is 22.0 Å². The monoisotopic (exact) mass is 383 g/mol. The molecule has 0 aromatic heterocycles. The van der Waals surface area contributed by atoms with E-state index in [1.54, 1.807) is 18.2 Å². The maximum atomic E-state index is 13.1. The molecule has 1 fully saturated rings. The number of carbonyl (C=O) groups is 1. The van der Waals surface area contributed by atoms with E-state index in [1.165, 1.54) is 12.1 Å². The van der Waals surface area contributed by atoms with Crippen molar-refractivity contribution in [2.24, 2.45) is 5.73 Å². The van der Waals surface area contributed by atoms with E-state index < -0.39 is 41.0 Å². The van der Waals surface area contributed by atoms with Crippen molar-refractivity contribution in [3.63, 3.8) is 0 Å². The average molecular weight is 384 g/mol. The number of alkyl halides is 2. The predicted octanol–water partition coefficient (Wildman–Crippen LogP) is 0.972. The fourth-order valence-corrected chi connectivity index (χ4v) is 4.10. The highest BCUT2D eigenvalue weighted by Gasteiger charge is 2.40. The zero-order chi connectivity index (χ0) is 17.1. The molecular weight excluding hydrogens is 364 g/mol. The Labute approximate surface area is 145 Å². The first-order valence-electron chi connectivity index (χ1n) is 7.20. The number of nitrogens with one attached hydrogen (secondary N) is 1. The Morgan fingerprint density at radius 3 is 2.54 bits per heavy atom. The van der Waals surface area contributed by atoms with Crippen molar-refractivity contribution in [3.8, 4) is 0 Å². The highest BCUT2D eigenvalue weighted by atomic mass is 35.5. The number of hydrogen-bond acceptors (Lipinski definition) is 4. The summed E-state index contributed by atoms with van der Waals surface area (Å²) in [5.41, 5.74) is 4.91. The van der Waals surface area contributed by atoms with Crippen molar-refractivity contribution in [1.82, 2.24) is 9.62 Å². The van der Waals surface area contributed by atoms with Gasteiger partial charge in [-0.1, -0.05) is 18.2 Å². The van der Waals surface area contributed by atoms with Crippen LogP contribution >= 0.6 is 12.4 Å². The van der Waals surface area contributed by atoms with Crippen LogP contribution in [0, 0.1) is 0 Å². The van der Waals surface area contributed by atoms with Crippen LogP contribution in [0.2, 0.25) is 0 Å². The lowest BCUT2D eigenvalue weighted by molar-refractivity contribution is -0.126. The number of rotatable bonds is 6. The van der Waals surface area contributed by atoms with E-state index in [2.05, 4.69) is 5.32 Å². The molecule has 1 aliphatic rings. The van der Waals surface area contributed by atoms with Crippen molar-refractivity contribution in [1.29, 1.82) is 0 Å². The predicted molar refractivity (Wildman–Crippen MR) is 87.6 cm³/mol. The SMILES string of the molecule is Cl.NCC(F)(F)CNC(=O)C1CCCN1S(=O)(=O)c1ccccc1. The van der Waals surface area contributed by atoms with Crippen molar-refractivity contribution in [2.45, 2.75) is 29.7 Å². The van der Waals surface area contributed by atoms with Crippen LogP contribution in [-0.4, -0.2) is 50.2 Å². The van der Waals surface area contributed by atoms with Crippen LogP contribution in [0.15, 0.2) is 35.2 Å². The summed E-state index contributed by atoms with van der Waals surface area (Å²) in [5.74, 6) is -3.94. The average Bonchev–Trinajstić information content (AvgIpc) is 3.04. The van der Waals surface area contributed by atoms with E-state index >= 15 is 0 Å². The molecule has 6 nitrogen and oxygen atoms in total. The Hall–Kier alpha value is -1.29. The molecule has 1 heterocycles. The number of benzene rings is 1. The van der Waals surface area contributed by atoms with Crippen LogP contribution in [0.4, 0.5) is 8.78 Å². The second kappa shape index (κ2) is 8.19. The molecule has 1 aromatic carbocycles. The van der Waals surface area contributed by atoms with Gasteiger partial charge < -0.3 is 11.1 Å². The van der Waals surface area contributed by atoms with Crippen LogP contribution in [0.25, 0.3) is 0 Å². The normalized spacial score (nSPS) is 18.9. The van der Waals surface area contributed by atoms with E-state index in [0.717, 1.165) is 4.31 Å². The van der Waals surface area contributed by atoms with Gasteiger partial charge in [-0.25, -0.2) is 17.2 Å². The van der Waals surface area contributed by atoms with Crippen LogP contribution in [0.3, 0.4) is 0 Å². The summed E-state index contributed by atoms with van der Waals surface area (Å²) in [5, 5.41) is 2.09. The van der Waals surface area contributed by atoms with Gasteiger partial charge in [0.05, 0.1) is 18.0 Å². The lowest BCUT2D eigenvalue weighted by Gasteiger charge is -2.24. The zero-order valence-electron chi connectivity index (χ0n) is 12.8. The number of sulfonamides is 1. The van der Waals surface area contributed by atoms with Crippen LogP contribution in [0.5, 0.6) is 0 Å². The number of amides is 1. The fraction of sp³-hybridized carbons (Fsp3) is 0.500. The smallest absolute Gasteiger partial charge is 0.277 e. The Morgan fingerprint density at radius 2 is 1.96 bits per heavy atom. The van der Waals surface area contributed by atoms with Gasteiger partial charge >= 0.3 is 0 Å². The molecule has 1 amide bonds. The first-order chi connectivity index (χ1) is 10.8. The molecule has 10 heteroatoms. The minimum absolute atomic E-state index is 0. The molecular formula is C14H20ClF2N3O3S. The maximum absolute atomic E-state index is 13.1. The maximum Gasteiger partial charge on any atom is 0.277 e. The Bertz CT molecular complexity index is 658. The third-order valence-corrected chi connectivity index (χ3v) is 5.60. The molecule has 24 heavy (non-hydrogen) atoms. The van der Waals surface area contributed by atoms with Gasteiger partial charge in [0.15, 0.2) is 0 Å². The highest BCUT2D eigenvalue weighted by Crippen LogP contribution is 2.26. The number of nitrogens with zero attached hydrogens (tertiary/aromatic N) is 1. The molecule has 136 valence electrons. The molecule has 3 N–H and O–H groups in total. The highest BCUT2D eigenvalue weighted by molar-refractivity contribution is 7.89. The summed E-state index contributed by atoms with van der Waals surface area (Å²) in [7, 11) is -3.83. The molecule has 1 aromatic rings. The van der Waals surface area contributed by atoms with Crippen LogP contribution < -0.4 is 11.1 Å². The van der Waals surface area contributed by atoms with Crippen molar-refractivity contribution in [3.05, 3.63) is 30.3 Å². The Morgan fingerprint density at radius 1 is 1.33 bits per heavy atom. The summed E-state index contributed by atoms with van der Waals surface area (Å²) in [4.78, 5) is 12.2. The summed E-state index contributed by atoms with van der Waals surface area (Å²) >= 11 is 0. The molecule has 0 spiro atoms. The van der Waals surface area contributed by atoms with E-state index in [1.807, 2.05) is 0 Å². The van der Waals surface area contributed by atoms with Crippen LogP contribution in [-0.2, 0) is 14.8 Å². The second-order valence-electron chi connectivity index (χ2n) is 5.36. The lowest BCUT2D eigenvalue weighted by atomic mass is 10.2. The number of halogens is 3. The molecule has 1 saturated heterocycles. The number of hydrogen-bond donors (Lipinski definition) is 2. The summed E-state index contributed by atoms with van der Waals surface area (Å²) < 4.78 is 52.5. The third kappa shape index (κ3) is 4.62. The molecule has 1 aliphatic heterocycles. The first kappa shape index (κ1) is 20.8. The van der Waals surface area contributed by atoms with Gasteiger partial charge in [0.25, 0.3) is 5.92 Å². The molecule has 0 saturated carbocycles. The van der Waals surface area contributed by atoms with Crippen molar-refractivity contribution >= 4 is 28.3 Å². The van der Waals surface area contributed by atoms with E-state index in [-0.39, 0.29) is 23.8 Å². The van der Waals surface area contributed by atoms with Gasteiger partial charge in [-0.2, -0.15) is 4.31 Å². The zero-order valence-corrected chi connectivity index (χ0v) is 14.5. The number of carbonyl (C=O) groups excluding carboxylic acids is 1. The van der Waals surface area contributed by atoms with Gasteiger partial charge in [-0.15, -0.1) is 12.4 Å². The van der Waals surface area contributed by atoms with E-state index in [0.29, 0.717) is 12.8 Å². The van der Waals surface area contributed by atoms with Gasteiger partial charge in [0.2, 0.25) is 15.9 Å². The van der Waals surface area contributed by atoms with Gasteiger partial charge in [-0.3, -0.25) is 4.79 Å². The third-order valence-electron chi connectivity index (χ3n) is 3.68. The molecule has 2 rings (SSSR count). The minimum atomic E-state index is -3.83. The van der Waals surface area contributed by atoms with Crippen molar-refractivity contribution in [2.75, 3.05) is 19.6 Å². The van der Waals surface area contributed by atoms with Crippen LogP contribution in [0.1, 0.15) is 12.8 Å². The molecule has 0 radical (unpaired) electrons. The summed E-state index contributed by atoms with van der Waals surface area (Å²) in [6.07, 6.45) is 0.795. The van der Waals surface area contributed by atoms with E-state index in [4.69, 9.17) is 5.73 Å². The number of nitrogens with two attached hydrogens (primary N) is 1. The first-order valence-corrected chi connectivity index (χ1v) is 8.64. The molecule has 0 aliphatic carbocycles. The molecule has 1 atom stereocenters. The van der Waals surface area contributed by atoms with Gasteiger partial charge in [-0.05, 0) is 25.0 Å². The lowest BCUT2D eigenvalue weighted by Crippen LogP contribution is -2.49. The van der Waals surface area contributed by atoms with Gasteiger partial charge in [0, 0.05) is 6.54 Å². The fourth-order valence-electron chi connectivity index (χ4n) is 2.42. The standard InChI is InChI=1S/C14H19F2N3O3S.ClH/c15-14(16,9-17)10-18-13(20)12-7-4-8-19(12)23(21,22)11-5-2-1-3-6-11;/h1-3,5-6,12H,4,7-10,17H2,(H,18,20);1H. The Balaban J connectivity index is 0.00000288. The molecule has 0 bridgehead atoms. The van der Waals surface area contributed by atoms with Crippen molar-refractivity contribution < 1.29 is 22.0 Å². The quantitative estimate of drug-likeness (QED) is 0.765. The summed E-state index contributed by atoms with van der Waals surface area (Å²) in [6, 6.07) is 6.74. The second-order valence-corrected chi connectivity index (χ2v) is 7.26. The molecule has 1 unspecified atom stereocenters.